The molecule has 4 rings (SSSR count). The van der Waals surface area contributed by atoms with Gasteiger partial charge >= 0.3 is 0 Å². The Kier molecular flexibility index (Phi) is 6.38. The Balaban J connectivity index is 1.41. The molecule has 0 saturated carbocycles. The second-order valence-electron chi connectivity index (χ2n) is 7.40. The van der Waals surface area contributed by atoms with E-state index in [0.29, 0.717) is 4.96 Å². The largest absolute Gasteiger partial charge is 0.347 e. The minimum Gasteiger partial charge on any atom is -0.347 e. The van der Waals surface area contributed by atoms with Crippen molar-refractivity contribution in [1.82, 2.24) is 14.6 Å². The maximum absolute atomic E-state index is 12.7. The summed E-state index contributed by atoms with van der Waals surface area (Å²) in [4.78, 5) is 33.5. The molecule has 30 heavy (non-hydrogen) atoms. The molecule has 158 valence electrons. The molecule has 9 heteroatoms. The van der Waals surface area contributed by atoms with Crippen LogP contribution in [-0.2, 0) is 11.2 Å². The van der Waals surface area contributed by atoms with E-state index in [0.717, 1.165) is 60.2 Å². The third-order valence-corrected chi connectivity index (χ3v) is 6.96. The minimum atomic E-state index is -0.132. The third kappa shape index (κ3) is 4.52. The highest BCUT2D eigenvalue weighted by molar-refractivity contribution is 7.98. The van der Waals surface area contributed by atoms with Gasteiger partial charge in [-0.2, -0.15) is 4.52 Å². The van der Waals surface area contributed by atoms with Crippen LogP contribution in [-0.4, -0.2) is 39.9 Å². The second kappa shape index (κ2) is 9.18. The Morgan fingerprint density at radius 1 is 1.30 bits per heavy atom. The number of rotatable bonds is 6. The van der Waals surface area contributed by atoms with E-state index in [1.807, 2.05) is 30.5 Å². The van der Waals surface area contributed by atoms with Gasteiger partial charge in [-0.05, 0) is 43.7 Å². The summed E-state index contributed by atoms with van der Waals surface area (Å²) < 4.78 is 1.39. The zero-order chi connectivity index (χ0) is 21.1. The number of amides is 1. The number of hydrogen-bond donors (Lipinski definition) is 1. The lowest BCUT2D eigenvalue weighted by molar-refractivity contribution is -0.120. The number of anilines is 2. The highest BCUT2D eigenvalue weighted by atomic mass is 32.2. The van der Waals surface area contributed by atoms with E-state index in [9.17, 15) is 9.59 Å². The van der Waals surface area contributed by atoms with Gasteiger partial charge in [-0.1, -0.05) is 30.7 Å². The molecular weight excluding hydrogens is 418 g/mol. The fourth-order valence-corrected chi connectivity index (χ4v) is 5.07. The van der Waals surface area contributed by atoms with E-state index in [1.165, 1.54) is 15.9 Å². The first-order valence-electron chi connectivity index (χ1n) is 10.2. The Morgan fingerprint density at radius 3 is 2.83 bits per heavy atom. The fourth-order valence-electron chi connectivity index (χ4n) is 3.64. The molecule has 0 atom stereocenters. The Morgan fingerprint density at radius 2 is 2.10 bits per heavy atom. The molecule has 0 aliphatic carbocycles. The molecule has 0 bridgehead atoms. The fraction of sp³-hybridized carbons (Fsp3) is 0.429. The van der Waals surface area contributed by atoms with Crippen molar-refractivity contribution in [3.05, 3.63) is 46.4 Å². The van der Waals surface area contributed by atoms with Crippen molar-refractivity contribution >= 4 is 44.8 Å². The van der Waals surface area contributed by atoms with Crippen LogP contribution in [0.15, 0.2) is 40.0 Å². The van der Waals surface area contributed by atoms with Crippen LogP contribution < -0.4 is 15.8 Å². The van der Waals surface area contributed by atoms with Gasteiger partial charge in [0, 0.05) is 41.4 Å². The van der Waals surface area contributed by atoms with Crippen LogP contribution in [0.5, 0.6) is 0 Å². The Labute approximate surface area is 183 Å². The number of hydrogen-bond acceptors (Lipinski definition) is 7. The smallest absolute Gasteiger partial charge is 0.275 e. The van der Waals surface area contributed by atoms with E-state index in [2.05, 4.69) is 27.2 Å². The molecule has 1 aliphatic heterocycles. The molecule has 3 heterocycles. The molecule has 1 N–H and O–H groups in total. The topological polar surface area (TPSA) is 79.6 Å². The number of carbonyl (C=O) groups excluding carboxylic acids is 1. The van der Waals surface area contributed by atoms with Crippen LogP contribution in [0.3, 0.4) is 0 Å². The molecule has 1 amide bonds. The first kappa shape index (κ1) is 20.9. The van der Waals surface area contributed by atoms with E-state index in [4.69, 9.17) is 0 Å². The lowest BCUT2D eigenvalue weighted by Crippen LogP contribution is -2.38. The van der Waals surface area contributed by atoms with Crippen LogP contribution in [0.25, 0.3) is 4.96 Å². The maximum atomic E-state index is 12.7. The normalized spacial score (nSPS) is 14.9. The highest BCUT2D eigenvalue weighted by Gasteiger charge is 2.27. The molecule has 0 radical (unpaired) electrons. The predicted octanol–water partition coefficient (Wildman–Crippen LogP) is 3.68. The predicted molar refractivity (Wildman–Crippen MR) is 123 cm³/mol. The van der Waals surface area contributed by atoms with Crippen LogP contribution in [0.1, 0.15) is 31.9 Å². The third-order valence-electron chi connectivity index (χ3n) is 5.27. The summed E-state index contributed by atoms with van der Waals surface area (Å²) in [5, 5.41) is 8.32. The molecule has 0 unspecified atom stereocenters. The zero-order valence-electron chi connectivity index (χ0n) is 17.1. The van der Waals surface area contributed by atoms with Gasteiger partial charge < -0.3 is 10.2 Å². The summed E-state index contributed by atoms with van der Waals surface area (Å²) in [6.07, 6.45) is 5.28. The number of carbonyl (C=O) groups is 1. The van der Waals surface area contributed by atoms with Gasteiger partial charge in [0.2, 0.25) is 16.0 Å². The lowest BCUT2D eigenvalue weighted by Gasteiger charge is -2.30. The van der Waals surface area contributed by atoms with Gasteiger partial charge in [0.15, 0.2) is 0 Å². The van der Waals surface area contributed by atoms with Crippen molar-refractivity contribution in [3.8, 4) is 0 Å². The number of piperidine rings is 1. The van der Waals surface area contributed by atoms with Crippen molar-refractivity contribution in [2.75, 3.05) is 29.6 Å². The van der Waals surface area contributed by atoms with Crippen molar-refractivity contribution < 1.29 is 4.79 Å². The van der Waals surface area contributed by atoms with Crippen LogP contribution in [0.2, 0.25) is 0 Å². The number of nitrogens with zero attached hydrogens (tertiary/aromatic N) is 4. The summed E-state index contributed by atoms with van der Waals surface area (Å²) in [6.45, 7) is 3.54. The van der Waals surface area contributed by atoms with Crippen molar-refractivity contribution in [2.24, 2.45) is 5.92 Å². The first-order valence-corrected chi connectivity index (χ1v) is 12.2. The van der Waals surface area contributed by atoms with Crippen molar-refractivity contribution in [2.45, 2.75) is 37.5 Å². The second-order valence-corrected chi connectivity index (χ2v) is 9.21. The minimum absolute atomic E-state index is 0.0226. The van der Waals surface area contributed by atoms with E-state index in [1.54, 1.807) is 17.8 Å². The number of aryl methyl sites for hydroxylation is 1. The van der Waals surface area contributed by atoms with Gasteiger partial charge in [0.05, 0.1) is 0 Å². The SMILES string of the molecule is CCCc1cc(=O)n2nc(N3CCC(C(=O)Nc4cccc(SC)c4)CC3)sc2n1. The van der Waals surface area contributed by atoms with Gasteiger partial charge in [-0.3, -0.25) is 9.59 Å². The average Bonchev–Trinajstić information content (AvgIpc) is 3.19. The molecule has 2 aromatic heterocycles. The summed E-state index contributed by atoms with van der Waals surface area (Å²) >= 11 is 3.09. The first-order chi connectivity index (χ1) is 14.6. The summed E-state index contributed by atoms with van der Waals surface area (Å²) in [5.41, 5.74) is 1.53. The number of fused-ring (bicyclic) bond motifs is 1. The molecule has 1 saturated heterocycles. The Bertz CT molecular complexity index is 1100. The van der Waals surface area contributed by atoms with Gasteiger partial charge in [0.25, 0.3) is 5.56 Å². The van der Waals surface area contributed by atoms with Gasteiger partial charge in [-0.25, -0.2) is 4.98 Å². The zero-order valence-corrected chi connectivity index (χ0v) is 18.8. The number of benzene rings is 1. The monoisotopic (exact) mass is 443 g/mol. The summed E-state index contributed by atoms with van der Waals surface area (Å²) in [5.74, 6) is 0.0462. The van der Waals surface area contributed by atoms with E-state index in [-0.39, 0.29) is 17.4 Å². The van der Waals surface area contributed by atoms with Crippen molar-refractivity contribution in [1.29, 1.82) is 0 Å². The molecule has 1 aliphatic rings. The highest BCUT2D eigenvalue weighted by Crippen LogP contribution is 2.28. The molecule has 3 aromatic rings. The molecule has 1 fully saturated rings. The molecule has 0 spiro atoms. The summed E-state index contributed by atoms with van der Waals surface area (Å²) in [7, 11) is 0. The average molecular weight is 444 g/mol. The summed E-state index contributed by atoms with van der Waals surface area (Å²) in [6, 6.07) is 9.48. The lowest BCUT2D eigenvalue weighted by atomic mass is 9.96. The van der Waals surface area contributed by atoms with Crippen molar-refractivity contribution in [3.63, 3.8) is 0 Å². The number of thioether (sulfide) groups is 1. The van der Waals surface area contributed by atoms with Crippen LogP contribution in [0, 0.1) is 5.92 Å². The standard InChI is InChI=1S/C21H25N5O2S2/c1-3-5-15-13-18(27)26-20(23-15)30-21(24-26)25-10-8-14(9-11-25)19(28)22-16-6-4-7-17(12-16)29-2/h4,6-7,12-14H,3,5,8-11H2,1-2H3,(H,22,28). The van der Waals surface area contributed by atoms with Gasteiger partial charge in [-0.15, -0.1) is 16.9 Å². The van der Waals surface area contributed by atoms with E-state index < -0.39 is 0 Å². The van der Waals surface area contributed by atoms with Crippen LogP contribution >= 0.6 is 23.1 Å². The van der Waals surface area contributed by atoms with Gasteiger partial charge in [0.1, 0.15) is 0 Å². The molecular formula is C21H25N5O2S2. The number of aromatic nitrogens is 3. The molecule has 1 aromatic carbocycles. The van der Waals surface area contributed by atoms with E-state index >= 15 is 0 Å². The van der Waals surface area contributed by atoms with Crippen LogP contribution in [0.4, 0.5) is 10.8 Å². The molecule has 7 nitrogen and oxygen atoms in total. The maximum Gasteiger partial charge on any atom is 0.275 e. The quantitative estimate of drug-likeness (QED) is 0.586. The number of nitrogens with one attached hydrogen (secondary N) is 1. The Hall–Kier alpha value is -2.39.